The predicted molar refractivity (Wildman–Crippen MR) is 112 cm³/mol. The first-order chi connectivity index (χ1) is 14.0. The van der Waals surface area contributed by atoms with Gasteiger partial charge >= 0.3 is 5.97 Å². The third-order valence-corrected chi connectivity index (χ3v) is 4.53. The Bertz CT molecular complexity index is 950. The van der Waals surface area contributed by atoms with Crippen LogP contribution in [0.2, 0.25) is 0 Å². The Morgan fingerprint density at radius 3 is 2.10 bits per heavy atom. The van der Waals surface area contributed by atoms with Gasteiger partial charge in [0.1, 0.15) is 5.75 Å². The average Bonchev–Trinajstić information content (AvgIpc) is 2.75. The highest BCUT2D eigenvalue weighted by molar-refractivity contribution is 5.92. The van der Waals surface area contributed by atoms with Crippen molar-refractivity contribution in [2.45, 2.75) is 19.4 Å². The molecular weight excluding hydrogens is 366 g/mol. The van der Waals surface area contributed by atoms with Crippen LogP contribution < -0.4 is 5.32 Å². The van der Waals surface area contributed by atoms with Gasteiger partial charge in [-0.1, -0.05) is 54.6 Å². The maximum Gasteiger partial charge on any atom is 0.338 e. The Balaban J connectivity index is 1.50. The van der Waals surface area contributed by atoms with Crippen molar-refractivity contribution in [2.75, 3.05) is 6.54 Å². The fourth-order valence-corrected chi connectivity index (χ4v) is 2.85. The first kappa shape index (κ1) is 20.1. The summed E-state index contributed by atoms with van der Waals surface area (Å²) in [6.07, 6.45) is -0.165. The number of nitrogens with one attached hydrogen (secondary N) is 1. The molecule has 0 spiro atoms. The van der Waals surface area contributed by atoms with Crippen molar-refractivity contribution in [3.8, 4) is 16.9 Å². The Morgan fingerprint density at radius 1 is 0.897 bits per heavy atom. The van der Waals surface area contributed by atoms with E-state index < -0.39 is 12.1 Å². The SMILES string of the molecule is C[C@H](OC(=O)c1ccc(-c2ccc(O)cc2)cc1)C(=O)NCCc1ccccc1. The molecule has 0 aromatic heterocycles. The van der Waals surface area contributed by atoms with E-state index in [1.54, 1.807) is 55.5 Å². The van der Waals surface area contributed by atoms with Gasteiger partial charge in [0.15, 0.2) is 6.10 Å². The standard InChI is InChI=1S/C24H23NO4/c1-17(23(27)25-16-15-18-5-3-2-4-6-18)29-24(28)21-9-7-19(8-10-21)20-11-13-22(26)14-12-20/h2-14,17,26H,15-16H2,1H3,(H,25,27)/t17-/m0/s1. The molecular formula is C24H23NO4. The molecule has 5 heteroatoms. The molecule has 1 atom stereocenters. The van der Waals surface area contributed by atoms with E-state index in [1.807, 2.05) is 30.3 Å². The van der Waals surface area contributed by atoms with Gasteiger partial charge in [0.2, 0.25) is 0 Å². The molecule has 2 N–H and O–H groups in total. The molecule has 0 bridgehead atoms. The van der Waals surface area contributed by atoms with Gasteiger partial charge in [-0.25, -0.2) is 4.79 Å². The molecule has 5 nitrogen and oxygen atoms in total. The van der Waals surface area contributed by atoms with Crippen LogP contribution in [0, 0.1) is 0 Å². The van der Waals surface area contributed by atoms with Crippen molar-refractivity contribution in [3.05, 3.63) is 90.0 Å². The highest BCUT2D eigenvalue weighted by Crippen LogP contribution is 2.22. The summed E-state index contributed by atoms with van der Waals surface area (Å²) in [4.78, 5) is 24.5. The lowest BCUT2D eigenvalue weighted by Crippen LogP contribution is -2.36. The first-order valence-electron chi connectivity index (χ1n) is 9.45. The largest absolute Gasteiger partial charge is 0.508 e. The maximum absolute atomic E-state index is 12.3. The Labute approximate surface area is 170 Å². The molecule has 0 aliphatic heterocycles. The van der Waals surface area contributed by atoms with E-state index in [2.05, 4.69) is 5.32 Å². The summed E-state index contributed by atoms with van der Waals surface area (Å²) in [5.74, 6) is -0.673. The number of hydrogen-bond donors (Lipinski definition) is 2. The van der Waals surface area contributed by atoms with Gasteiger partial charge in [-0.3, -0.25) is 4.79 Å². The summed E-state index contributed by atoms with van der Waals surface area (Å²) in [7, 11) is 0. The molecule has 29 heavy (non-hydrogen) atoms. The zero-order valence-electron chi connectivity index (χ0n) is 16.2. The average molecular weight is 389 g/mol. The van der Waals surface area contributed by atoms with E-state index >= 15 is 0 Å². The third-order valence-electron chi connectivity index (χ3n) is 4.53. The van der Waals surface area contributed by atoms with Crippen molar-refractivity contribution < 1.29 is 19.4 Å². The van der Waals surface area contributed by atoms with Gasteiger partial charge in [0, 0.05) is 6.54 Å². The van der Waals surface area contributed by atoms with Crippen LogP contribution in [0.4, 0.5) is 0 Å². The fourth-order valence-electron chi connectivity index (χ4n) is 2.85. The van der Waals surface area contributed by atoms with Crippen molar-refractivity contribution in [2.24, 2.45) is 0 Å². The molecule has 148 valence electrons. The van der Waals surface area contributed by atoms with Crippen LogP contribution in [0.3, 0.4) is 0 Å². The highest BCUT2D eigenvalue weighted by Gasteiger charge is 2.18. The van der Waals surface area contributed by atoms with Gasteiger partial charge in [-0.05, 0) is 54.3 Å². The number of benzene rings is 3. The van der Waals surface area contributed by atoms with E-state index in [0.717, 1.165) is 16.7 Å². The van der Waals surface area contributed by atoms with Crippen molar-refractivity contribution in [3.63, 3.8) is 0 Å². The van der Waals surface area contributed by atoms with Crippen LogP contribution >= 0.6 is 0 Å². The number of phenols is 1. The number of carbonyl (C=O) groups excluding carboxylic acids is 2. The molecule has 3 aromatic rings. The van der Waals surface area contributed by atoms with E-state index in [1.165, 1.54) is 0 Å². The minimum atomic E-state index is -0.880. The molecule has 0 fully saturated rings. The highest BCUT2D eigenvalue weighted by atomic mass is 16.5. The lowest BCUT2D eigenvalue weighted by Gasteiger charge is -2.14. The van der Waals surface area contributed by atoms with E-state index in [-0.39, 0.29) is 11.7 Å². The second kappa shape index (κ2) is 9.55. The minimum Gasteiger partial charge on any atom is -0.508 e. The van der Waals surface area contributed by atoms with E-state index in [0.29, 0.717) is 18.5 Å². The molecule has 0 aliphatic rings. The molecule has 3 rings (SSSR count). The summed E-state index contributed by atoms with van der Waals surface area (Å²) in [5, 5.41) is 12.2. The van der Waals surface area contributed by atoms with Crippen molar-refractivity contribution in [1.29, 1.82) is 0 Å². The van der Waals surface area contributed by atoms with Gasteiger partial charge in [0.05, 0.1) is 5.56 Å². The zero-order chi connectivity index (χ0) is 20.6. The minimum absolute atomic E-state index is 0.199. The monoisotopic (exact) mass is 389 g/mol. The molecule has 0 aliphatic carbocycles. The Morgan fingerprint density at radius 2 is 1.48 bits per heavy atom. The number of ether oxygens (including phenoxy) is 1. The van der Waals surface area contributed by atoms with Crippen LogP contribution in [0.15, 0.2) is 78.9 Å². The fraction of sp³-hybridized carbons (Fsp3) is 0.167. The second-order valence-electron chi connectivity index (χ2n) is 6.70. The molecule has 0 saturated carbocycles. The van der Waals surface area contributed by atoms with E-state index in [4.69, 9.17) is 4.74 Å². The van der Waals surface area contributed by atoms with Gasteiger partial charge in [0.25, 0.3) is 5.91 Å². The number of hydrogen-bond acceptors (Lipinski definition) is 4. The Kier molecular flexibility index (Phi) is 6.63. The summed E-state index contributed by atoms with van der Waals surface area (Å²) in [6.45, 7) is 2.03. The quantitative estimate of drug-likeness (QED) is 0.600. The molecule has 0 heterocycles. The molecule has 0 unspecified atom stereocenters. The number of rotatable bonds is 7. The first-order valence-corrected chi connectivity index (χ1v) is 9.45. The molecule has 0 radical (unpaired) electrons. The summed E-state index contributed by atoms with van der Waals surface area (Å²) in [5.41, 5.74) is 3.34. The van der Waals surface area contributed by atoms with Gasteiger partial charge in [-0.15, -0.1) is 0 Å². The van der Waals surface area contributed by atoms with E-state index in [9.17, 15) is 14.7 Å². The predicted octanol–water partition coefficient (Wildman–Crippen LogP) is 3.96. The number of amides is 1. The van der Waals surface area contributed by atoms with Crippen LogP contribution in [0.1, 0.15) is 22.8 Å². The van der Waals surface area contributed by atoms with Crippen LogP contribution in [-0.2, 0) is 16.0 Å². The lowest BCUT2D eigenvalue weighted by atomic mass is 10.0. The third kappa shape index (κ3) is 5.69. The Hall–Kier alpha value is -3.60. The number of esters is 1. The van der Waals surface area contributed by atoms with Gasteiger partial charge < -0.3 is 15.2 Å². The topological polar surface area (TPSA) is 75.6 Å². The van der Waals surface area contributed by atoms with Crippen molar-refractivity contribution in [1.82, 2.24) is 5.32 Å². The normalized spacial score (nSPS) is 11.5. The summed E-state index contributed by atoms with van der Waals surface area (Å²) in [6, 6.07) is 23.6. The summed E-state index contributed by atoms with van der Waals surface area (Å²) < 4.78 is 5.28. The van der Waals surface area contributed by atoms with Crippen LogP contribution in [-0.4, -0.2) is 29.6 Å². The second-order valence-corrected chi connectivity index (χ2v) is 6.70. The van der Waals surface area contributed by atoms with Crippen LogP contribution in [0.25, 0.3) is 11.1 Å². The smallest absolute Gasteiger partial charge is 0.338 e. The zero-order valence-corrected chi connectivity index (χ0v) is 16.2. The van der Waals surface area contributed by atoms with Crippen molar-refractivity contribution >= 4 is 11.9 Å². The number of aromatic hydroxyl groups is 1. The van der Waals surface area contributed by atoms with Gasteiger partial charge in [-0.2, -0.15) is 0 Å². The lowest BCUT2D eigenvalue weighted by molar-refractivity contribution is -0.129. The molecule has 1 amide bonds. The maximum atomic E-state index is 12.3. The molecule has 0 saturated heterocycles. The van der Waals surface area contributed by atoms with Crippen LogP contribution in [0.5, 0.6) is 5.75 Å². The summed E-state index contributed by atoms with van der Waals surface area (Å²) >= 11 is 0. The number of phenolic OH excluding ortho intramolecular Hbond substituents is 1. The number of carbonyl (C=O) groups is 2. The molecule has 3 aromatic carbocycles.